The van der Waals surface area contributed by atoms with Crippen LogP contribution in [-0.4, -0.2) is 31.1 Å². The number of rotatable bonds is 6. The van der Waals surface area contributed by atoms with Gasteiger partial charge in [0, 0.05) is 6.04 Å². The van der Waals surface area contributed by atoms with E-state index in [-0.39, 0.29) is 0 Å². The molecule has 0 aromatic carbocycles. The molecule has 0 unspecified atom stereocenters. The van der Waals surface area contributed by atoms with Crippen molar-refractivity contribution in [1.29, 1.82) is 0 Å². The first kappa shape index (κ1) is 13.0. The molecule has 2 heteroatoms. The Morgan fingerprint density at radius 3 is 2.33 bits per heavy atom. The molecule has 1 saturated carbocycles. The van der Waals surface area contributed by atoms with Gasteiger partial charge < -0.3 is 10.6 Å². The maximum absolute atomic E-state index is 5.49. The highest BCUT2D eigenvalue weighted by Gasteiger charge is 2.20. The highest BCUT2D eigenvalue weighted by molar-refractivity contribution is 4.76. The summed E-state index contributed by atoms with van der Waals surface area (Å²) >= 11 is 0. The first-order valence-corrected chi connectivity index (χ1v) is 6.64. The average molecular weight is 212 g/mol. The predicted molar refractivity (Wildman–Crippen MR) is 67.0 cm³/mol. The summed E-state index contributed by atoms with van der Waals surface area (Å²) in [4.78, 5) is 2.57. The molecule has 0 heterocycles. The molecule has 0 aromatic rings. The maximum atomic E-state index is 5.49. The summed E-state index contributed by atoms with van der Waals surface area (Å²) in [5.41, 5.74) is 5.49. The molecule has 1 aliphatic rings. The van der Waals surface area contributed by atoms with Crippen LogP contribution in [0.5, 0.6) is 0 Å². The maximum Gasteiger partial charge on any atom is 0.00924 e. The van der Waals surface area contributed by atoms with E-state index in [9.17, 15) is 0 Å². The van der Waals surface area contributed by atoms with Gasteiger partial charge in [0.1, 0.15) is 0 Å². The number of hydrogen-bond donors (Lipinski definition) is 1. The van der Waals surface area contributed by atoms with Gasteiger partial charge in [-0.3, -0.25) is 0 Å². The van der Waals surface area contributed by atoms with Gasteiger partial charge in [-0.05, 0) is 64.6 Å². The molecule has 1 fully saturated rings. The minimum atomic E-state index is 0.852. The molecule has 2 nitrogen and oxygen atoms in total. The van der Waals surface area contributed by atoms with Crippen LogP contribution >= 0.6 is 0 Å². The van der Waals surface area contributed by atoms with Gasteiger partial charge in [-0.25, -0.2) is 0 Å². The van der Waals surface area contributed by atoms with Gasteiger partial charge in [0.05, 0.1) is 0 Å². The van der Waals surface area contributed by atoms with Crippen LogP contribution in [0.3, 0.4) is 0 Å². The van der Waals surface area contributed by atoms with Crippen LogP contribution in [0.25, 0.3) is 0 Å². The van der Waals surface area contributed by atoms with E-state index in [1.807, 2.05) is 0 Å². The topological polar surface area (TPSA) is 29.3 Å². The molecule has 0 aliphatic heterocycles. The summed E-state index contributed by atoms with van der Waals surface area (Å²) < 4.78 is 0. The van der Waals surface area contributed by atoms with Gasteiger partial charge in [0.25, 0.3) is 0 Å². The number of nitrogens with zero attached hydrogens (tertiary/aromatic N) is 1. The van der Waals surface area contributed by atoms with E-state index < -0.39 is 0 Å². The lowest BCUT2D eigenvalue weighted by molar-refractivity contribution is 0.168. The van der Waals surface area contributed by atoms with E-state index in [1.54, 1.807) is 0 Å². The standard InChI is InChI=1S/C13H28N2/c1-12-6-8-13(9-7-12)15(2)11-5-3-4-10-14/h12-13H,3-11,14H2,1-2H3. The van der Waals surface area contributed by atoms with E-state index >= 15 is 0 Å². The van der Waals surface area contributed by atoms with Crippen LogP contribution in [0.15, 0.2) is 0 Å². The van der Waals surface area contributed by atoms with Crippen LogP contribution in [0, 0.1) is 5.92 Å². The van der Waals surface area contributed by atoms with Crippen LogP contribution in [0.2, 0.25) is 0 Å². The van der Waals surface area contributed by atoms with E-state index in [2.05, 4.69) is 18.9 Å². The summed E-state index contributed by atoms with van der Waals surface area (Å²) in [7, 11) is 2.29. The lowest BCUT2D eigenvalue weighted by Crippen LogP contribution is -2.35. The van der Waals surface area contributed by atoms with Gasteiger partial charge in [-0.2, -0.15) is 0 Å². The number of unbranched alkanes of at least 4 members (excludes halogenated alkanes) is 2. The van der Waals surface area contributed by atoms with Crippen molar-refractivity contribution < 1.29 is 0 Å². The van der Waals surface area contributed by atoms with Crippen LogP contribution in [-0.2, 0) is 0 Å². The Morgan fingerprint density at radius 2 is 1.73 bits per heavy atom. The molecule has 0 radical (unpaired) electrons. The minimum Gasteiger partial charge on any atom is -0.330 e. The van der Waals surface area contributed by atoms with E-state index in [4.69, 9.17) is 5.73 Å². The van der Waals surface area contributed by atoms with E-state index in [1.165, 1.54) is 51.5 Å². The zero-order valence-electron chi connectivity index (χ0n) is 10.5. The van der Waals surface area contributed by atoms with Gasteiger partial charge in [-0.15, -0.1) is 0 Å². The van der Waals surface area contributed by atoms with Crippen molar-refractivity contribution in [3.05, 3.63) is 0 Å². The Balaban J connectivity index is 2.08. The van der Waals surface area contributed by atoms with Crippen molar-refractivity contribution in [2.45, 2.75) is 57.9 Å². The van der Waals surface area contributed by atoms with Crippen molar-refractivity contribution >= 4 is 0 Å². The normalized spacial score (nSPS) is 27.2. The molecule has 15 heavy (non-hydrogen) atoms. The Bertz CT molecular complexity index is 151. The molecule has 1 rings (SSSR count). The Morgan fingerprint density at radius 1 is 1.07 bits per heavy atom. The molecule has 0 saturated heterocycles. The van der Waals surface area contributed by atoms with Crippen molar-refractivity contribution in [3.8, 4) is 0 Å². The van der Waals surface area contributed by atoms with Crippen molar-refractivity contribution in [3.63, 3.8) is 0 Å². The summed E-state index contributed by atoms with van der Waals surface area (Å²) in [6.45, 7) is 4.50. The zero-order chi connectivity index (χ0) is 11.1. The number of nitrogens with two attached hydrogens (primary N) is 1. The zero-order valence-corrected chi connectivity index (χ0v) is 10.5. The molecule has 0 atom stereocenters. The molecule has 0 aromatic heterocycles. The minimum absolute atomic E-state index is 0.852. The third-order valence-corrected chi connectivity index (χ3v) is 3.82. The lowest BCUT2D eigenvalue weighted by Gasteiger charge is -2.33. The molecule has 2 N–H and O–H groups in total. The second-order valence-electron chi connectivity index (χ2n) is 5.24. The van der Waals surface area contributed by atoms with Crippen LogP contribution < -0.4 is 5.73 Å². The second kappa shape index (κ2) is 7.24. The number of hydrogen-bond acceptors (Lipinski definition) is 2. The van der Waals surface area contributed by atoms with Gasteiger partial charge in [-0.1, -0.05) is 13.3 Å². The first-order chi connectivity index (χ1) is 7.24. The molecule has 1 aliphatic carbocycles. The predicted octanol–water partition coefficient (Wildman–Crippen LogP) is 2.63. The smallest absolute Gasteiger partial charge is 0.00924 e. The highest BCUT2D eigenvalue weighted by atomic mass is 15.1. The van der Waals surface area contributed by atoms with Gasteiger partial charge in [0.15, 0.2) is 0 Å². The average Bonchev–Trinajstić information content (AvgIpc) is 2.25. The second-order valence-corrected chi connectivity index (χ2v) is 5.24. The lowest BCUT2D eigenvalue weighted by atomic mass is 9.87. The van der Waals surface area contributed by atoms with Gasteiger partial charge in [0.2, 0.25) is 0 Å². The third kappa shape index (κ3) is 4.98. The summed E-state index contributed by atoms with van der Waals surface area (Å²) in [6, 6.07) is 0.860. The summed E-state index contributed by atoms with van der Waals surface area (Å²) in [5, 5.41) is 0. The van der Waals surface area contributed by atoms with Crippen molar-refractivity contribution in [2.24, 2.45) is 11.7 Å². The molecule has 0 spiro atoms. The fraction of sp³-hybridized carbons (Fsp3) is 1.00. The molecule has 90 valence electrons. The third-order valence-electron chi connectivity index (χ3n) is 3.82. The highest BCUT2D eigenvalue weighted by Crippen LogP contribution is 2.26. The summed E-state index contributed by atoms with van der Waals surface area (Å²) in [6.07, 6.45) is 9.48. The Labute approximate surface area is 95.2 Å². The van der Waals surface area contributed by atoms with E-state index in [0.29, 0.717) is 0 Å². The SMILES string of the molecule is CC1CCC(N(C)CCCCCN)CC1. The molecular weight excluding hydrogens is 184 g/mol. The molecule has 0 bridgehead atoms. The quantitative estimate of drug-likeness (QED) is 0.686. The van der Waals surface area contributed by atoms with Gasteiger partial charge >= 0.3 is 0 Å². The largest absolute Gasteiger partial charge is 0.330 e. The van der Waals surface area contributed by atoms with E-state index in [0.717, 1.165) is 18.5 Å². The fourth-order valence-corrected chi connectivity index (χ4v) is 2.55. The van der Waals surface area contributed by atoms with Crippen LogP contribution in [0.4, 0.5) is 0 Å². The van der Waals surface area contributed by atoms with Crippen molar-refractivity contribution in [2.75, 3.05) is 20.1 Å². The molecular formula is C13H28N2. The first-order valence-electron chi connectivity index (χ1n) is 6.64. The van der Waals surface area contributed by atoms with Crippen molar-refractivity contribution in [1.82, 2.24) is 4.90 Å². The monoisotopic (exact) mass is 212 g/mol. The molecule has 0 amide bonds. The van der Waals surface area contributed by atoms with Crippen LogP contribution in [0.1, 0.15) is 51.9 Å². The summed E-state index contributed by atoms with van der Waals surface area (Å²) in [5.74, 6) is 0.965. The Kier molecular flexibility index (Phi) is 6.26. The Hall–Kier alpha value is -0.0800. The fourth-order valence-electron chi connectivity index (χ4n) is 2.55.